The topological polar surface area (TPSA) is 146 Å². The molecule has 1 fully saturated rings. The molecule has 158 valence electrons. The number of ether oxygens (including phenoxy) is 1. The molecule has 0 aliphatic carbocycles. The Morgan fingerprint density at radius 2 is 1.76 bits per heavy atom. The molecule has 0 aromatic heterocycles. The summed E-state index contributed by atoms with van der Waals surface area (Å²) in [5.74, 6) is -0.689. The molecule has 5 atom stereocenters. The van der Waals surface area contributed by atoms with Crippen molar-refractivity contribution in [3.05, 3.63) is 35.4 Å². The van der Waals surface area contributed by atoms with Crippen LogP contribution in [0.5, 0.6) is 0 Å². The first-order valence-corrected chi connectivity index (χ1v) is 9.45. The van der Waals surface area contributed by atoms with Crippen LogP contribution < -0.4 is 10.2 Å². The van der Waals surface area contributed by atoms with Gasteiger partial charge in [-0.05, 0) is 37.6 Å². The SMILES string of the molecule is CCN(CC)c1ccc(/C=C(\C#N)C(=O)NC[C@H]2OC(O)[C@H](O)[C@@H](O)[C@@H]2O)cc1. The van der Waals surface area contributed by atoms with E-state index in [0.717, 1.165) is 18.8 Å². The number of aliphatic hydroxyl groups excluding tert-OH is 4. The van der Waals surface area contributed by atoms with Gasteiger partial charge in [0.2, 0.25) is 0 Å². The molecule has 0 spiro atoms. The highest BCUT2D eigenvalue weighted by Crippen LogP contribution is 2.20. The summed E-state index contributed by atoms with van der Waals surface area (Å²) in [5, 5.41) is 50.3. The van der Waals surface area contributed by atoms with E-state index in [1.54, 1.807) is 12.1 Å². The van der Waals surface area contributed by atoms with Crippen molar-refractivity contribution in [3.63, 3.8) is 0 Å². The van der Waals surface area contributed by atoms with Crippen molar-refractivity contribution in [2.75, 3.05) is 24.5 Å². The van der Waals surface area contributed by atoms with E-state index < -0.39 is 36.6 Å². The summed E-state index contributed by atoms with van der Waals surface area (Å²) in [4.78, 5) is 14.5. The minimum atomic E-state index is -1.69. The maximum atomic E-state index is 12.3. The number of nitriles is 1. The van der Waals surface area contributed by atoms with Gasteiger partial charge < -0.3 is 35.4 Å². The number of benzene rings is 1. The molecule has 9 nitrogen and oxygen atoms in total. The lowest BCUT2D eigenvalue weighted by molar-refractivity contribution is -0.280. The summed E-state index contributed by atoms with van der Waals surface area (Å²) in [6.45, 7) is 5.59. The number of carbonyl (C=O) groups excluding carboxylic acids is 1. The number of nitrogens with one attached hydrogen (secondary N) is 1. The van der Waals surface area contributed by atoms with Gasteiger partial charge in [0.25, 0.3) is 5.91 Å². The Hall–Kier alpha value is -2.48. The van der Waals surface area contributed by atoms with Gasteiger partial charge in [0.15, 0.2) is 6.29 Å². The molecule has 1 aliphatic heterocycles. The van der Waals surface area contributed by atoms with E-state index in [2.05, 4.69) is 24.1 Å². The lowest BCUT2D eigenvalue weighted by Gasteiger charge is -2.38. The fraction of sp³-hybridized carbons (Fsp3) is 0.500. The summed E-state index contributed by atoms with van der Waals surface area (Å²) < 4.78 is 4.99. The maximum Gasteiger partial charge on any atom is 0.262 e. The predicted molar refractivity (Wildman–Crippen MR) is 106 cm³/mol. The smallest absolute Gasteiger partial charge is 0.262 e. The number of carbonyl (C=O) groups is 1. The van der Waals surface area contributed by atoms with E-state index in [1.807, 2.05) is 18.2 Å². The third-order valence-corrected chi connectivity index (χ3v) is 4.85. The molecule has 1 saturated heterocycles. The Kier molecular flexibility index (Phi) is 8.13. The van der Waals surface area contributed by atoms with Crippen LogP contribution in [0.2, 0.25) is 0 Å². The molecule has 29 heavy (non-hydrogen) atoms. The highest BCUT2D eigenvalue weighted by molar-refractivity contribution is 6.01. The molecule has 1 heterocycles. The van der Waals surface area contributed by atoms with E-state index in [9.17, 15) is 30.5 Å². The zero-order valence-corrected chi connectivity index (χ0v) is 16.4. The van der Waals surface area contributed by atoms with Gasteiger partial charge in [0.1, 0.15) is 36.1 Å². The first-order valence-electron chi connectivity index (χ1n) is 9.45. The van der Waals surface area contributed by atoms with Crippen LogP contribution in [0.15, 0.2) is 29.8 Å². The third-order valence-electron chi connectivity index (χ3n) is 4.85. The number of hydrogen-bond acceptors (Lipinski definition) is 8. The third kappa shape index (κ3) is 5.53. The largest absolute Gasteiger partial charge is 0.388 e. The molecule has 1 unspecified atom stereocenters. The van der Waals surface area contributed by atoms with Crippen molar-refractivity contribution in [1.82, 2.24) is 5.32 Å². The Bertz CT molecular complexity index is 756. The summed E-state index contributed by atoms with van der Waals surface area (Å²) in [6.07, 6.45) is -6.16. The van der Waals surface area contributed by atoms with Gasteiger partial charge in [0.05, 0.1) is 0 Å². The van der Waals surface area contributed by atoms with E-state index in [-0.39, 0.29) is 12.1 Å². The summed E-state index contributed by atoms with van der Waals surface area (Å²) >= 11 is 0. The van der Waals surface area contributed by atoms with Crippen LogP contribution in [-0.2, 0) is 9.53 Å². The molecule has 1 amide bonds. The van der Waals surface area contributed by atoms with E-state index >= 15 is 0 Å². The average Bonchev–Trinajstić information content (AvgIpc) is 2.73. The maximum absolute atomic E-state index is 12.3. The number of anilines is 1. The zero-order valence-electron chi connectivity index (χ0n) is 16.4. The molecule has 1 aromatic rings. The molecule has 0 bridgehead atoms. The summed E-state index contributed by atoms with van der Waals surface area (Å²) in [5.41, 5.74) is 1.57. The highest BCUT2D eigenvalue weighted by Gasteiger charge is 2.42. The summed E-state index contributed by atoms with van der Waals surface area (Å²) in [7, 11) is 0. The van der Waals surface area contributed by atoms with Gasteiger partial charge >= 0.3 is 0 Å². The Morgan fingerprint density at radius 3 is 2.31 bits per heavy atom. The quantitative estimate of drug-likeness (QED) is 0.297. The second-order valence-electron chi connectivity index (χ2n) is 6.68. The molecular weight excluding hydrogens is 378 g/mol. The fourth-order valence-electron chi connectivity index (χ4n) is 3.07. The molecule has 1 aliphatic rings. The van der Waals surface area contributed by atoms with E-state index in [1.165, 1.54) is 6.08 Å². The molecule has 1 aromatic carbocycles. The number of nitrogens with zero attached hydrogens (tertiary/aromatic N) is 2. The number of rotatable bonds is 7. The molecular formula is C20H27N3O6. The monoisotopic (exact) mass is 405 g/mol. The van der Waals surface area contributed by atoms with Crippen LogP contribution in [0.3, 0.4) is 0 Å². The minimum Gasteiger partial charge on any atom is -0.388 e. The highest BCUT2D eigenvalue weighted by atomic mass is 16.6. The minimum absolute atomic E-state index is 0.146. The summed E-state index contributed by atoms with van der Waals surface area (Å²) in [6, 6.07) is 9.26. The van der Waals surface area contributed by atoms with Gasteiger partial charge in [0, 0.05) is 25.3 Å². The number of hydrogen-bond donors (Lipinski definition) is 5. The standard InChI is InChI=1S/C20H27N3O6/c1-3-23(4-2)14-7-5-12(6-8-14)9-13(10-21)19(27)22-11-15-16(24)17(25)18(26)20(28)29-15/h5-9,15-18,20,24-26,28H,3-4,11H2,1-2H3,(H,22,27)/b13-9+/t15-,16-,17+,18-,20?/m1/s1. The Morgan fingerprint density at radius 1 is 1.14 bits per heavy atom. The molecule has 0 saturated carbocycles. The van der Waals surface area contributed by atoms with Crippen LogP contribution in [-0.4, -0.2) is 76.7 Å². The molecule has 2 rings (SSSR count). The van der Waals surface area contributed by atoms with E-state index in [0.29, 0.717) is 5.56 Å². The molecule has 0 radical (unpaired) electrons. The second-order valence-corrected chi connectivity index (χ2v) is 6.68. The van der Waals surface area contributed by atoms with Crippen molar-refractivity contribution >= 4 is 17.7 Å². The lowest BCUT2D eigenvalue weighted by Crippen LogP contribution is -2.60. The Labute approximate surface area is 169 Å². The normalized spacial score (nSPS) is 27.2. The predicted octanol–water partition coefficient (Wildman–Crippen LogP) is -0.644. The van der Waals surface area contributed by atoms with Gasteiger partial charge in [-0.25, -0.2) is 0 Å². The zero-order chi connectivity index (χ0) is 21.6. The van der Waals surface area contributed by atoms with Crippen molar-refractivity contribution in [3.8, 4) is 6.07 Å². The van der Waals surface area contributed by atoms with Crippen molar-refractivity contribution in [2.45, 2.75) is 44.6 Å². The first kappa shape index (κ1) is 22.8. The number of amides is 1. The van der Waals surface area contributed by atoms with E-state index in [4.69, 9.17) is 4.74 Å². The average molecular weight is 405 g/mol. The molecule has 9 heteroatoms. The van der Waals surface area contributed by atoms with Crippen LogP contribution in [0.1, 0.15) is 19.4 Å². The fourth-order valence-corrected chi connectivity index (χ4v) is 3.07. The van der Waals surface area contributed by atoms with Gasteiger partial charge in [-0.2, -0.15) is 5.26 Å². The first-order chi connectivity index (χ1) is 13.8. The van der Waals surface area contributed by atoms with Crippen molar-refractivity contribution < 1.29 is 30.0 Å². The van der Waals surface area contributed by atoms with Gasteiger partial charge in [-0.1, -0.05) is 12.1 Å². The van der Waals surface area contributed by atoms with Crippen LogP contribution in [0.4, 0.5) is 5.69 Å². The van der Waals surface area contributed by atoms with Gasteiger partial charge in [-0.15, -0.1) is 0 Å². The lowest BCUT2D eigenvalue weighted by atomic mass is 9.99. The molecule has 5 N–H and O–H groups in total. The van der Waals surface area contributed by atoms with Gasteiger partial charge in [-0.3, -0.25) is 4.79 Å². The van der Waals surface area contributed by atoms with Crippen LogP contribution in [0, 0.1) is 11.3 Å². The van der Waals surface area contributed by atoms with Crippen molar-refractivity contribution in [1.29, 1.82) is 5.26 Å². The van der Waals surface area contributed by atoms with Crippen LogP contribution in [0.25, 0.3) is 6.08 Å². The number of aliphatic hydroxyl groups is 4. The Balaban J connectivity index is 2.02. The van der Waals surface area contributed by atoms with Crippen molar-refractivity contribution in [2.24, 2.45) is 0 Å². The van der Waals surface area contributed by atoms with Crippen LogP contribution >= 0.6 is 0 Å². The second kappa shape index (κ2) is 10.3.